The first-order chi connectivity index (χ1) is 14.0. The number of hydrogen-bond acceptors (Lipinski definition) is 3. The molecular formula is C24H24N2O2S. The van der Waals surface area contributed by atoms with Crippen LogP contribution in [0.1, 0.15) is 35.2 Å². The van der Waals surface area contributed by atoms with E-state index in [2.05, 4.69) is 6.92 Å². The molecule has 1 heterocycles. The summed E-state index contributed by atoms with van der Waals surface area (Å²) in [5.41, 5.74) is 4.06. The molecule has 0 saturated carbocycles. The van der Waals surface area contributed by atoms with Crippen LogP contribution in [0, 0.1) is 6.92 Å². The summed E-state index contributed by atoms with van der Waals surface area (Å²) >= 11 is 0. The van der Waals surface area contributed by atoms with Gasteiger partial charge in [-0.3, -0.25) is 4.99 Å². The summed E-state index contributed by atoms with van der Waals surface area (Å²) in [6, 6.07) is 24.6. The summed E-state index contributed by atoms with van der Waals surface area (Å²) in [6.07, 6.45) is 0.935. The maximum atomic E-state index is 13.5. The second-order valence-corrected chi connectivity index (χ2v) is 9.14. The maximum absolute atomic E-state index is 13.5. The Morgan fingerprint density at radius 2 is 1.59 bits per heavy atom. The molecule has 0 spiro atoms. The lowest BCUT2D eigenvalue weighted by Gasteiger charge is -2.21. The van der Waals surface area contributed by atoms with Crippen LogP contribution in [0.5, 0.6) is 0 Å². The van der Waals surface area contributed by atoms with E-state index in [0.29, 0.717) is 12.4 Å². The van der Waals surface area contributed by atoms with Gasteiger partial charge < -0.3 is 0 Å². The highest BCUT2D eigenvalue weighted by Gasteiger charge is 2.36. The van der Waals surface area contributed by atoms with E-state index in [0.717, 1.165) is 23.1 Å². The Hall–Kier alpha value is -2.92. The lowest BCUT2D eigenvalue weighted by atomic mass is 10.1. The van der Waals surface area contributed by atoms with Crippen LogP contribution >= 0.6 is 0 Å². The third-order valence-electron chi connectivity index (χ3n) is 5.27. The van der Waals surface area contributed by atoms with Crippen LogP contribution in [-0.2, 0) is 16.4 Å². The van der Waals surface area contributed by atoms with Crippen LogP contribution in [0.3, 0.4) is 0 Å². The Morgan fingerprint density at radius 1 is 0.931 bits per heavy atom. The SMILES string of the molecule is CCc1ccc(C2=NC(c3ccccc3)CN2S(=O)(=O)c2ccc(C)cc2)cc1. The number of aryl methyl sites for hydroxylation is 2. The van der Waals surface area contributed by atoms with Crippen LogP contribution < -0.4 is 0 Å². The molecule has 1 atom stereocenters. The summed E-state index contributed by atoms with van der Waals surface area (Å²) in [6.45, 7) is 4.34. The predicted molar refractivity (Wildman–Crippen MR) is 117 cm³/mol. The Labute approximate surface area is 172 Å². The predicted octanol–water partition coefficient (Wildman–Crippen LogP) is 4.75. The fourth-order valence-corrected chi connectivity index (χ4v) is 4.96. The van der Waals surface area contributed by atoms with Gasteiger partial charge in [-0.15, -0.1) is 0 Å². The van der Waals surface area contributed by atoms with Crippen molar-refractivity contribution in [2.75, 3.05) is 6.54 Å². The second-order valence-electron chi connectivity index (χ2n) is 7.28. The first-order valence-corrected chi connectivity index (χ1v) is 11.2. The Bertz CT molecular complexity index is 1120. The normalized spacial score (nSPS) is 16.7. The molecule has 1 aliphatic heterocycles. The average Bonchev–Trinajstić information content (AvgIpc) is 3.21. The number of nitrogens with zero attached hydrogens (tertiary/aromatic N) is 2. The van der Waals surface area contributed by atoms with Gasteiger partial charge in [-0.05, 0) is 36.6 Å². The Kier molecular flexibility index (Phi) is 5.24. The van der Waals surface area contributed by atoms with Crippen LogP contribution in [0.25, 0.3) is 0 Å². The summed E-state index contributed by atoms with van der Waals surface area (Å²) < 4.78 is 28.4. The molecule has 0 radical (unpaired) electrons. The number of hydrogen-bond donors (Lipinski definition) is 0. The van der Waals surface area contributed by atoms with E-state index in [1.807, 2.05) is 73.7 Å². The molecule has 1 aliphatic rings. The van der Waals surface area contributed by atoms with Crippen molar-refractivity contribution in [1.82, 2.24) is 4.31 Å². The summed E-state index contributed by atoms with van der Waals surface area (Å²) in [5, 5.41) is 0. The van der Waals surface area contributed by atoms with Crippen molar-refractivity contribution in [1.29, 1.82) is 0 Å². The molecule has 29 heavy (non-hydrogen) atoms. The molecule has 0 N–H and O–H groups in total. The summed E-state index contributed by atoms with van der Waals surface area (Å²) in [4.78, 5) is 5.12. The zero-order chi connectivity index (χ0) is 20.4. The third kappa shape index (κ3) is 3.83. The van der Waals surface area contributed by atoms with E-state index in [4.69, 9.17) is 4.99 Å². The van der Waals surface area contributed by atoms with E-state index in [9.17, 15) is 8.42 Å². The molecule has 5 heteroatoms. The summed E-state index contributed by atoms with van der Waals surface area (Å²) in [7, 11) is -3.71. The Morgan fingerprint density at radius 3 is 2.21 bits per heavy atom. The van der Waals surface area contributed by atoms with Gasteiger partial charge in [-0.1, -0.05) is 79.2 Å². The largest absolute Gasteiger partial charge is 0.265 e. The molecule has 1 unspecified atom stereocenters. The van der Waals surface area contributed by atoms with Gasteiger partial charge in [0.25, 0.3) is 10.0 Å². The van der Waals surface area contributed by atoms with Crippen LogP contribution in [0.4, 0.5) is 0 Å². The molecule has 0 aliphatic carbocycles. The highest BCUT2D eigenvalue weighted by Crippen LogP contribution is 2.31. The van der Waals surface area contributed by atoms with Crippen molar-refractivity contribution < 1.29 is 8.42 Å². The van der Waals surface area contributed by atoms with Crippen molar-refractivity contribution in [2.45, 2.75) is 31.2 Å². The standard InChI is InChI=1S/C24H24N2O2S/c1-3-19-11-13-21(14-12-19)24-25-23(20-7-5-4-6-8-20)17-26(24)29(27,28)22-15-9-18(2)10-16-22/h4-16,23H,3,17H2,1-2H3. The molecule has 4 nitrogen and oxygen atoms in total. The van der Waals surface area contributed by atoms with Gasteiger partial charge in [-0.25, -0.2) is 12.7 Å². The van der Waals surface area contributed by atoms with Crippen molar-refractivity contribution in [3.63, 3.8) is 0 Å². The van der Waals surface area contributed by atoms with Crippen molar-refractivity contribution in [3.05, 3.63) is 101 Å². The molecule has 0 amide bonds. The number of rotatable bonds is 5. The molecule has 0 aromatic heterocycles. The minimum atomic E-state index is -3.71. The first kappa shape index (κ1) is 19.4. The molecule has 0 saturated heterocycles. The number of aliphatic imine (C=N–C) groups is 1. The van der Waals surface area contributed by atoms with Crippen molar-refractivity contribution >= 4 is 15.9 Å². The fraction of sp³-hybridized carbons (Fsp3) is 0.208. The van der Waals surface area contributed by atoms with Gasteiger partial charge >= 0.3 is 0 Å². The van der Waals surface area contributed by atoms with Gasteiger partial charge in [-0.2, -0.15) is 0 Å². The highest BCUT2D eigenvalue weighted by atomic mass is 32.2. The van der Waals surface area contributed by atoms with E-state index >= 15 is 0 Å². The van der Waals surface area contributed by atoms with Crippen LogP contribution in [0.2, 0.25) is 0 Å². The summed E-state index contributed by atoms with van der Waals surface area (Å²) in [5.74, 6) is 0.502. The van der Waals surface area contributed by atoms with E-state index in [1.165, 1.54) is 9.87 Å². The topological polar surface area (TPSA) is 49.7 Å². The smallest absolute Gasteiger partial charge is 0.257 e. The zero-order valence-corrected chi connectivity index (χ0v) is 17.4. The quantitative estimate of drug-likeness (QED) is 0.616. The molecule has 4 rings (SSSR count). The van der Waals surface area contributed by atoms with Gasteiger partial charge in [0.15, 0.2) is 0 Å². The van der Waals surface area contributed by atoms with Gasteiger partial charge in [0.1, 0.15) is 5.84 Å². The van der Waals surface area contributed by atoms with Crippen LogP contribution in [0.15, 0.2) is 88.8 Å². The second kappa shape index (κ2) is 7.84. The van der Waals surface area contributed by atoms with Crippen molar-refractivity contribution in [3.8, 4) is 0 Å². The van der Waals surface area contributed by atoms with Crippen molar-refractivity contribution in [2.24, 2.45) is 4.99 Å². The molecule has 0 bridgehead atoms. The first-order valence-electron chi connectivity index (χ1n) is 9.80. The van der Waals surface area contributed by atoms with Gasteiger partial charge in [0.2, 0.25) is 0 Å². The van der Waals surface area contributed by atoms with E-state index in [1.54, 1.807) is 12.1 Å². The maximum Gasteiger partial charge on any atom is 0.265 e. The fourth-order valence-electron chi connectivity index (χ4n) is 3.51. The Balaban J connectivity index is 1.78. The minimum absolute atomic E-state index is 0.225. The van der Waals surface area contributed by atoms with E-state index in [-0.39, 0.29) is 10.9 Å². The number of sulfonamides is 1. The number of amidine groups is 1. The third-order valence-corrected chi connectivity index (χ3v) is 7.04. The van der Waals surface area contributed by atoms with E-state index < -0.39 is 10.0 Å². The molecule has 3 aromatic rings. The highest BCUT2D eigenvalue weighted by molar-refractivity contribution is 7.89. The van der Waals surface area contributed by atoms with Gasteiger partial charge in [0.05, 0.1) is 17.5 Å². The monoisotopic (exact) mass is 404 g/mol. The minimum Gasteiger partial charge on any atom is -0.257 e. The van der Waals surface area contributed by atoms with Crippen LogP contribution in [-0.4, -0.2) is 25.1 Å². The molecule has 148 valence electrons. The molecule has 0 fully saturated rings. The lowest BCUT2D eigenvalue weighted by molar-refractivity contribution is 0.520. The average molecular weight is 405 g/mol. The zero-order valence-electron chi connectivity index (χ0n) is 16.6. The molecular weight excluding hydrogens is 380 g/mol. The number of benzene rings is 3. The van der Waals surface area contributed by atoms with Gasteiger partial charge in [0, 0.05) is 5.56 Å². The lowest BCUT2D eigenvalue weighted by Crippen LogP contribution is -2.35. The molecule has 3 aromatic carbocycles.